The van der Waals surface area contributed by atoms with Gasteiger partial charge in [0, 0.05) is 11.8 Å². The Balaban J connectivity index is 1.82. The first-order chi connectivity index (χ1) is 12.0. The molecular weight excluding hydrogens is 358 g/mol. The van der Waals surface area contributed by atoms with Crippen molar-refractivity contribution in [1.82, 2.24) is 0 Å². The SMILES string of the molecule is COc1cccc(NC(=O)c2ccc(S(=O)(=O)c3ccccc3)s2)c1. The van der Waals surface area contributed by atoms with E-state index >= 15 is 0 Å². The van der Waals surface area contributed by atoms with Crippen LogP contribution in [0.25, 0.3) is 0 Å². The zero-order valence-electron chi connectivity index (χ0n) is 13.3. The molecule has 1 heterocycles. The molecule has 0 aliphatic rings. The number of amides is 1. The van der Waals surface area contributed by atoms with E-state index in [-0.39, 0.29) is 15.0 Å². The van der Waals surface area contributed by atoms with E-state index in [9.17, 15) is 13.2 Å². The highest BCUT2D eigenvalue weighted by atomic mass is 32.2. The fraction of sp³-hybridized carbons (Fsp3) is 0.0556. The maximum Gasteiger partial charge on any atom is 0.265 e. The van der Waals surface area contributed by atoms with Crippen molar-refractivity contribution < 1.29 is 17.9 Å². The number of ether oxygens (including phenoxy) is 1. The minimum atomic E-state index is -3.62. The molecule has 0 saturated carbocycles. The lowest BCUT2D eigenvalue weighted by atomic mass is 10.3. The molecule has 0 unspecified atom stereocenters. The molecule has 7 heteroatoms. The lowest BCUT2D eigenvalue weighted by Crippen LogP contribution is -2.10. The highest BCUT2D eigenvalue weighted by Gasteiger charge is 2.21. The molecule has 3 aromatic rings. The molecule has 128 valence electrons. The van der Waals surface area contributed by atoms with Crippen molar-refractivity contribution in [3.63, 3.8) is 0 Å². The van der Waals surface area contributed by atoms with Gasteiger partial charge in [-0.25, -0.2) is 8.42 Å². The van der Waals surface area contributed by atoms with Gasteiger partial charge in [-0.2, -0.15) is 0 Å². The highest BCUT2D eigenvalue weighted by Crippen LogP contribution is 2.28. The average Bonchev–Trinajstić information content (AvgIpc) is 3.14. The van der Waals surface area contributed by atoms with Crippen LogP contribution in [0.5, 0.6) is 5.75 Å². The van der Waals surface area contributed by atoms with Crippen LogP contribution < -0.4 is 10.1 Å². The Labute approximate surface area is 149 Å². The summed E-state index contributed by atoms with van der Waals surface area (Å²) in [6.07, 6.45) is 0. The van der Waals surface area contributed by atoms with E-state index in [1.807, 2.05) is 0 Å². The molecule has 0 aliphatic carbocycles. The van der Waals surface area contributed by atoms with Gasteiger partial charge in [-0.3, -0.25) is 4.79 Å². The Morgan fingerprint density at radius 3 is 2.48 bits per heavy atom. The number of anilines is 1. The predicted molar refractivity (Wildman–Crippen MR) is 97.2 cm³/mol. The van der Waals surface area contributed by atoms with E-state index in [0.29, 0.717) is 16.3 Å². The summed E-state index contributed by atoms with van der Waals surface area (Å²) in [5.41, 5.74) is 0.574. The molecule has 1 aromatic heterocycles. The Hall–Kier alpha value is -2.64. The second kappa shape index (κ2) is 7.08. The molecule has 0 radical (unpaired) electrons. The monoisotopic (exact) mass is 373 g/mol. The first-order valence-electron chi connectivity index (χ1n) is 7.36. The summed E-state index contributed by atoms with van der Waals surface area (Å²) >= 11 is 0.941. The Morgan fingerprint density at radius 1 is 1.00 bits per heavy atom. The fourth-order valence-corrected chi connectivity index (χ4v) is 4.82. The summed E-state index contributed by atoms with van der Waals surface area (Å²) < 4.78 is 30.4. The first kappa shape index (κ1) is 17.2. The summed E-state index contributed by atoms with van der Waals surface area (Å²) in [5, 5.41) is 2.73. The molecule has 0 fully saturated rings. The van der Waals surface area contributed by atoms with E-state index in [1.165, 1.54) is 24.3 Å². The Bertz CT molecular complexity index is 995. The van der Waals surface area contributed by atoms with Crippen LogP contribution in [-0.4, -0.2) is 21.4 Å². The van der Waals surface area contributed by atoms with Crippen molar-refractivity contribution in [3.05, 3.63) is 71.6 Å². The maximum atomic E-state index is 12.6. The van der Waals surface area contributed by atoms with E-state index in [4.69, 9.17) is 4.74 Å². The molecule has 25 heavy (non-hydrogen) atoms. The number of thiophene rings is 1. The van der Waals surface area contributed by atoms with Crippen LogP contribution in [0.2, 0.25) is 0 Å². The molecule has 0 spiro atoms. The second-order valence-corrected chi connectivity index (χ2v) is 8.38. The van der Waals surface area contributed by atoms with Crippen LogP contribution >= 0.6 is 11.3 Å². The van der Waals surface area contributed by atoms with Crippen molar-refractivity contribution in [1.29, 1.82) is 0 Å². The topological polar surface area (TPSA) is 72.5 Å². The van der Waals surface area contributed by atoms with Crippen molar-refractivity contribution >= 4 is 32.8 Å². The van der Waals surface area contributed by atoms with Gasteiger partial charge in [0.25, 0.3) is 5.91 Å². The van der Waals surface area contributed by atoms with Gasteiger partial charge >= 0.3 is 0 Å². The van der Waals surface area contributed by atoms with Gasteiger partial charge in [-0.05, 0) is 36.4 Å². The van der Waals surface area contributed by atoms with Crippen molar-refractivity contribution in [2.45, 2.75) is 9.10 Å². The average molecular weight is 373 g/mol. The third-order valence-electron chi connectivity index (χ3n) is 3.45. The number of carbonyl (C=O) groups is 1. The molecular formula is C18H15NO4S2. The molecule has 0 atom stereocenters. The lowest BCUT2D eigenvalue weighted by molar-refractivity contribution is 0.103. The summed E-state index contributed by atoms with van der Waals surface area (Å²) in [6.45, 7) is 0. The van der Waals surface area contributed by atoms with E-state index in [0.717, 1.165) is 11.3 Å². The molecule has 0 saturated heterocycles. The molecule has 1 amide bonds. The predicted octanol–water partition coefficient (Wildman–Crippen LogP) is 3.84. The van der Waals surface area contributed by atoms with Gasteiger partial charge in [-0.15, -0.1) is 11.3 Å². The minimum Gasteiger partial charge on any atom is -0.497 e. The minimum absolute atomic E-state index is 0.134. The second-order valence-electron chi connectivity index (χ2n) is 5.12. The number of hydrogen-bond acceptors (Lipinski definition) is 5. The molecule has 3 rings (SSSR count). The largest absolute Gasteiger partial charge is 0.497 e. The summed E-state index contributed by atoms with van der Waals surface area (Å²) in [5.74, 6) is 0.254. The van der Waals surface area contributed by atoms with Gasteiger partial charge in [0.05, 0.1) is 16.9 Å². The van der Waals surface area contributed by atoms with Crippen molar-refractivity contribution in [3.8, 4) is 5.75 Å². The molecule has 2 aromatic carbocycles. The first-order valence-corrected chi connectivity index (χ1v) is 9.66. The number of carbonyl (C=O) groups excluding carboxylic acids is 1. The zero-order chi connectivity index (χ0) is 17.9. The van der Waals surface area contributed by atoms with Crippen molar-refractivity contribution in [2.75, 3.05) is 12.4 Å². The normalized spacial score (nSPS) is 11.1. The zero-order valence-corrected chi connectivity index (χ0v) is 14.9. The van der Waals surface area contributed by atoms with Crippen LogP contribution in [0.15, 0.2) is 75.8 Å². The van der Waals surface area contributed by atoms with E-state index < -0.39 is 9.84 Å². The third-order valence-corrected chi connectivity index (χ3v) is 6.80. The maximum absolute atomic E-state index is 12.6. The number of nitrogens with one attached hydrogen (secondary N) is 1. The number of benzene rings is 2. The van der Waals surface area contributed by atoms with Crippen LogP contribution in [0.3, 0.4) is 0 Å². The van der Waals surface area contributed by atoms with Crippen molar-refractivity contribution in [2.24, 2.45) is 0 Å². The van der Waals surface area contributed by atoms with Gasteiger partial charge in [-0.1, -0.05) is 24.3 Å². The van der Waals surface area contributed by atoms with E-state index in [2.05, 4.69) is 5.32 Å². The third kappa shape index (κ3) is 3.72. The lowest BCUT2D eigenvalue weighted by Gasteiger charge is -2.05. The number of rotatable bonds is 5. The van der Waals surface area contributed by atoms with Gasteiger partial charge in [0.15, 0.2) is 0 Å². The Kier molecular flexibility index (Phi) is 4.87. The molecule has 0 bridgehead atoms. The summed E-state index contributed by atoms with van der Waals surface area (Å²) in [4.78, 5) is 12.9. The van der Waals surface area contributed by atoms with Crippen LogP contribution in [0.1, 0.15) is 9.67 Å². The fourth-order valence-electron chi connectivity index (χ4n) is 2.20. The number of methoxy groups -OCH3 is 1. The quantitative estimate of drug-likeness (QED) is 0.737. The van der Waals surface area contributed by atoms with Gasteiger partial charge in [0.1, 0.15) is 9.96 Å². The number of sulfone groups is 1. The molecule has 0 aliphatic heterocycles. The standard InChI is InChI=1S/C18H15NO4S2/c1-23-14-7-5-6-13(12-14)19-18(20)16-10-11-17(24-16)25(21,22)15-8-3-2-4-9-15/h2-12H,1H3,(H,19,20). The van der Waals surface area contributed by atoms with Crippen LogP contribution in [0.4, 0.5) is 5.69 Å². The summed E-state index contributed by atoms with van der Waals surface area (Å²) in [7, 11) is -2.07. The molecule has 5 nitrogen and oxygen atoms in total. The highest BCUT2D eigenvalue weighted by molar-refractivity contribution is 7.93. The van der Waals surface area contributed by atoms with E-state index in [1.54, 1.807) is 49.6 Å². The number of hydrogen-bond donors (Lipinski definition) is 1. The van der Waals surface area contributed by atoms with Crippen LogP contribution in [-0.2, 0) is 9.84 Å². The van der Waals surface area contributed by atoms with Gasteiger partial charge < -0.3 is 10.1 Å². The Morgan fingerprint density at radius 2 is 1.76 bits per heavy atom. The molecule has 1 N–H and O–H groups in total. The van der Waals surface area contributed by atoms with Gasteiger partial charge in [0.2, 0.25) is 9.84 Å². The van der Waals surface area contributed by atoms with Crippen LogP contribution in [0, 0.1) is 0 Å². The smallest absolute Gasteiger partial charge is 0.265 e. The summed E-state index contributed by atoms with van der Waals surface area (Å²) in [6, 6.07) is 18.1.